The van der Waals surface area contributed by atoms with Crippen LogP contribution in [0, 0.1) is 0 Å². The minimum absolute atomic E-state index is 0.256. The first-order chi connectivity index (χ1) is 8.66. The maximum Gasteiger partial charge on any atom is 0.335 e. The van der Waals surface area contributed by atoms with Crippen LogP contribution in [0.3, 0.4) is 0 Å². The number of carbonyl (C=O) groups is 1. The molecular formula is C13H13N3O2. The number of nitrogens with zero attached hydrogens (tertiary/aromatic N) is 2. The summed E-state index contributed by atoms with van der Waals surface area (Å²) in [7, 11) is 1.93. The van der Waals surface area contributed by atoms with Crippen molar-refractivity contribution in [3.05, 3.63) is 53.9 Å². The number of aromatic nitrogens is 1. The molecule has 5 nitrogen and oxygen atoms in total. The molecule has 0 bridgehead atoms. The molecule has 1 aromatic heterocycles. The smallest absolute Gasteiger partial charge is 0.335 e. The molecule has 0 saturated heterocycles. The van der Waals surface area contributed by atoms with Gasteiger partial charge >= 0.3 is 5.97 Å². The molecule has 1 heterocycles. The Kier molecular flexibility index (Phi) is 3.43. The second-order valence-electron chi connectivity index (χ2n) is 3.80. The summed E-state index contributed by atoms with van der Waals surface area (Å²) in [6.07, 6.45) is 3.63. The van der Waals surface area contributed by atoms with E-state index in [1.54, 1.807) is 18.3 Å². The molecule has 5 heteroatoms. The Morgan fingerprint density at radius 1 is 1.33 bits per heavy atom. The number of carboxylic acid groups (broad SMARTS) is 1. The SMILES string of the molecule is Cn1cccc1/C=N/Nc1ccc(C(=O)O)cc1. The molecule has 0 aliphatic heterocycles. The maximum absolute atomic E-state index is 10.7. The normalized spacial score (nSPS) is 10.7. The average molecular weight is 243 g/mol. The lowest BCUT2D eigenvalue weighted by molar-refractivity contribution is 0.0697. The van der Waals surface area contributed by atoms with E-state index in [0.29, 0.717) is 0 Å². The van der Waals surface area contributed by atoms with Crippen molar-refractivity contribution in [2.75, 3.05) is 5.43 Å². The summed E-state index contributed by atoms with van der Waals surface area (Å²) in [6.45, 7) is 0. The Hall–Kier alpha value is -2.56. The molecule has 0 spiro atoms. The van der Waals surface area contributed by atoms with Crippen LogP contribution in [0.4, 0.5) is 5.69 Å². The number of hydrogen-bond donors (Lipinski definition) is 2. The van der Waals surface area contributed by atoms with E-state index in [1.807, 2.05) is 29.9 Å². The second kappa shape index (κ2) is 5.18. The molecule has 2 rings (SSSR count). The van der Waals surface area contributed by atoms with Crippen molar-refractivity contribution in [2.45, 2.75) is 0 Å². The van der Waals surface area contributed by atoms with E-state index in [1.165, 1.54) is 12.1 Å². The van der Waals surface area contributed by atoms with Crippen molar-refractivity contribution in [2.24, 2.45) is 12.1 Å². The van der Waals surface area contributed by atoms with E-state index in [-0.39, 0.29) is 5.56 Å². The first kappa shape index (κ1) is 11.9. The zero-order valence-electron chi connectivity index (χ0n) is 9.87. The van der Waals surface area contributed by atoms with Crippen LogP contribution in [0.2, 0.25) is 0 Å². The number of carboxylic acids is 1. The predicted octanol–water partition coefficient (Wildman–Crippen LogP) is 2.17. The van der Waals surface area contributed by atoms with Gasteiger partial charge < -0.3 is 9.67 Å². The standard InChI is InChI=1S/C13H13N3O2/c1-16-8-2-3-12(16)9-14-15-11-6-4-10(5-7-11)13(17)18/h2-9,15H,1H3,(H,17,18)/b14-9+. The zero-order valence-corrected chi connectivity index (χ0v) is 9.87. The van der Waals surface area contributed by atoms with Gasteiger partial charge in [-0.2, -0.15) is 5.10 Å². The molecule has 1 aromatic carbocycles. The summed E-state index contributed by atoms with van der Waals surface area (Å²) in [5, 5.41) is 12.8. The van der Waals surface area contributed by atoms with Crippen molar-refractivity contribution in [1.82, 2.24) is 4.57 Å². The fourth-order valence-corrected chi connectivity index (χ4v) is 1.47. The first-order valence-electron chi connectivity index (χ1n) is 5.40. The fraction of sp³-hybridized carbons (Fsp3) is 0.0769. The molecular weight excluding hydrogens is 230 g/mol. The van der Waals surface area contributed by atoms with Crippen LogP contribution < -0.4 is 5.43 Å². The average Bonchev–Trinajstić information content (AvgIpc) is 2.76. The molecule has 0 aliphatic carbocycles. The van der Waals surface area contributed by atoms with E-state index in [2.05, 4.69) is 10.5 Å². The van der Waals surface area contributed by atoms with Gasteiger partial charge in [0.05, 0.1) is 23.2 Å². The molecule has 0 fully saturated rings. The first-order valence-corrected chi connectivity index (χ1v) is 5.40. The number of hydrogen-bond acceptors (Lipinski definition) is 3. The summed E-state index contributed by atoms with van der Waals surface area (Å²) < 4.78 is 1.94. The van der Waals surface area contributed by atoms with Crippen LogP contribution in [0.5, 0.6) is 0 Å². The van der Waals surface area contributed by atoms with Gasteiger partial charge in [-0.15, -0.1) is 0 Å². The predicted molar refractivity (Wildman–Crippen MR) is 70.0 cm³/mol. The van der Waals surface area contributed by atoms with E-state index >= 15 is 0 Å². The second-order valence-corrected chi connectivity index (χ2v) is 3.80. The topological polar surface area (TPSA) is 66.6 Å². The summed E-state index contributed by atoms with van der Waals surface area (Å²) in [4.78, 5) is 10.7. The fourth-order valence-electron chi connectivity index (χ4n) is 1.47. The van der Waals surface area contributed by atoms with Gasteiger partial charge in [0.2, 0.25) is 0 Å². The quantitative estimate of drug-likeness (QED) is 0.638. The lowest BCUT2D eigenvalue weighted by Crippen LogP contribution is -1.97. The molecule has 0 atom stereocenters. The van der Waals surface area contributed by atoms with E-state index < -0.39 is 5.97 Å². The third-order valence-corrected chi connectivity index (χ3v) is 2.51. The number of anilines is 1. The third kappa shape index (κ3) is 2.76. The van der Waals surface area contributed by atoms with Crippen molar-refractivity contribution < 1.29 is 9.90 Å². The third-order valence-electron chi connectivity index (χ3n) is 2.51. The Morgan fingerprint density at radius 3 is 2.61 bits per heavy atom. The van der Waals surface area contributed by atoms with Gasteiger partial charge in [0.15, 0.2) is 0 Å². The van der Waals surface area contributed by atoms with Gasteiger partial charge in [-0.1, -0.05) is 0 Å². The van der Waals surface area contributed by atoms with Crippen LogP contribution in [-0.2, 0) is 7.05 Å². The maximum atomic E-state index is 10.7. The van der Waals surface area contributed by atoms with E-state index in [9.17, 15) is 4.79 Å². The van der Waals surface area contributed by atoms with Gasteiger partial charge in [-0.3, -0.25) is 5.43 Å². The summed E-state index contributed by atoms with van der Waals surface area (Å²) in [5.41, 5.74) is 4.81. The van der Waals surface area contributed by atoms with Gasteiger partial charge in [0.25, 0.3) is 0 Å². The summed E-state index contributed by atoms with van der Waals surface area (Å²) in [5.74, 6) is -0.936. The van der Waals surface area contributed by atoms with Gasteiger partial charge in [0.1, 0.15) is 0 Å². The molecule has 0 unspecified atom stereocenters. The number of aromatic carboxylic acids is 1. The van der Waals surface area contributed by atoms with E-state index in [4.69, 9.17) is 5.11 Å². The number of aryl methyl sites for hydroxylation is 1. The van der Waals surface area contributed by atoms with Crippen molar-refractivity contribution in [1.29, 1.82) is 0 Å². The number of rotatable bonds is 4. The van der Waals surface area contributed by atoms with Crippen LogP contribution in [-0.4, -0.2) is 21.9 Å². The Balaban J connectivity index is 2.00. The molecule has 0 saturated carbocycles. The van der Waals surface area contributed by atoms with Gasteiger partial charge in [-0.05, 0) is 36.4 Å². The lowest BCUT2D eigenvalue weighted by atomic mass is 10.2. The minimum Gasteiger partial charge on any atom is -0.478 e. The summed E-state index contributed by atoms with van der Waals surface area (Å²) >= 11 is 0. The van der Waals surface area contributed by atoms with Crippen molar-refractivity contribution >= 4 is 17.9 Å². The molecule has 0 amide bonds. The number of hydrazone groups is 1. The molecule has 0 radical (unpaired) electrons. The largest absolute Gasteiger partial charge is 0.478 e. The van der Waals surface area contributed by atoms with E-state index in [0.717, 1.165) is 11.4 Å². The Morgan fingerprint density at radius 2 is 2.06 bits per heavy atom. The minimum atomic E-state index is -0.936. The van der Waals surface area contributed by atoms with Crippen LogP contribution in [0.1, 0.15) is 16.1 Å². The lowest BCUT2D eigenvalue weighted by Gasteiger charge is -2.01. The molecule has 2 aromatic rings. The molecule has 2 N–H and O–H groups in total. The van der Waals surface area contributed by atoms with Crippen LogP contribution >= 0.6 is 0 Å². The molecule has 92 valence electrons. The highest BCUT2D eigenvalue weighted by molar-refractivity contribution is 5.88. The summed E-state index contributed by atoms with van der Waals surface area (Å²) in [6, 6.07) is 10.3. The van der Waals surface area contributed by atoms with Crippen LogP contribution in [0.25, 0.3) is 0 Å². The highest BCUT2D eigenvalue weighted by Gasteiger charge is 2.00. The molecule has 0 aliphatic rings. The number of benzene rings is 1. The molecule has 18 heavy (non-hydrogen) atoms. The highest BCUT2D eigenvalue weighted by Crippen LogP contribution is 2.09. The highest BCUT2D eigenvalue weighted by atomic mass is 16.4. The zero-order chi connectivity index (χ0) is 13.0. The van der Waals surface area contributed by atoms with Gasteiger partial charge in [0, 0.05) is 13.2 Å². The van der Waals surface area contributed by atoms with Crippen molar-refractivity contribution in [3.63, 3.8) is 0 Å². The Bertz CT molecular complexity index is 570. The Labute approximate surface area is 104 Å². The number of nitrogens with one attached hydrogen (secondary N) is 1. The van der Waals surface area contributed by atoms with Crippen molar-refractivity contribution in [3.8, 4) is 0 Å². The monoisotopic (exact) mass is 243 g/mol. The van der Waals surface area contributed by atoms with Crippen LogP contribution in [0.15, 0.2) is 47.7 Å². The van der Waals surface area contributed by atoms with Gasteiger partial charge in [-0.25, -0.2) is 4.79 Å².